The first-order valence-corrected chi connectivity index (χ1v) is 6.36. The monoisotopic (exact) mass is 307 g/mol. The fraction of sp³-hybridized carbons (Fsp3) is 0. The van der Waals surface area contributed by atoms with Crippen molar-refractivity contribution in [3.05, 3.63) is 52.7 Å². The van der Waals surface area contributed by atoms with Crippen LogP contribution >= 0.6 is 23.2 Å². The molecule has 0 saturated carbocycles. The van der Waals surface area contributed by atoms with Crippen molar-refractivity contribution in [1.29, 1.82) is 0 Å². The van der Waals surface area contributed by atoms with Gasteiger partial charge in [0.25, 0.3) is 5.91 Å². The van der Waals surface area contributed by atoms with E-state index in [2.05, 4.69) is 15.3 Å². The van der Waals surface area contributed by atoms with Crippen molar-refractivity contribution in [2.45, 2.75) is 0 Å². The number of hydrogen-bond acceptors (Lipinski definition) is 4. The molecule has 20 heavy (non-hydrogen) atoms. The van der Waals surface area contributed by atoms with E-state index in [0.29, 0.717) is 16.5 Å². The summed E-state index contributed by atoms with van der Waals surface area (Å²) < 4.78 is 5.31. The van der Waals surface area contributed by atoms with E-state index in [-0.39, 0.29) is 16.0 Å². The number of benzene rings is 1. The highest BCUT2D eigenvalue weighted by Gasteiger charge is 2.17. The molecule has 0 unspecified atom stereocenters. The van der Waals surface area contributed by atoms with Gasteiger partial charge < -0.3 is 9.73 Å². The second kappa shape index (κ2) is 5.11. The second-order valence-electron chi connectivity index (χ2n) is 3.93. The molecule has 5 nitrogen and oxygen atoms in total. The molecule has 3 aromatic rings. The van der Waals surface area contributed by atoms with Crippen LogP contribution in [0.3, 0.4) is 0 Å². The lowest BCUT2D eigenvalue weighted by atomic mass is 10.1. The van der Waals surface area contributed by atoms with Crippen LogP contribution in [-0.2, 0) is 0 Å². The first kappa shape index (κ1) is 12.9. The van der Waals surface area contributed by atoms with Gasteiger partial charge in [0.05, 0.1) is 5.56 Å². The highest BCUT2D eigenvalue weighted by molar-refractivity contribution is 6.38. The maximum atomic E-state index is 12.2. The number of fused-ring (bicyclic) bond motifs is 1. The molecule has 1 aromatic carbocycles. The Morgan fingerprint density at radius 2 is 1.85 bits per heavy atom. The summed E-state index contributed by atoms with van der Waals surface area (Å²) in [7, 11) is 0. The number of halogens is 2. The SMILES string of the molecule is O=C(Nc1c(Cl)ncnc1Cl)c1coc2ccccc12. The molecule has 3 rings (SSSR count). The van der Waals surface area contributed by atoms with Crippen LogP contribution in [0.2, 0.25) is 10.3 Å². The van der Waals surface area contributed by atoms with E-state index in [1.54, 1.807) is 12.1 Å². The summed E-state index contributed by atoms with van der Waals surface area (Å²) in [6.45, 7) is 0. The third kappa shape index (κ3) is 2.21. The van der Waals surface area contributed by atoms with E-state index in [1.807, 2.05) is 12.1 Å². The lowest BCUT2D eigenvalue weighted by Gasteiger charge is -2.06. The van der Waals surface area contributed by atoms with Gasteiger partial charge in [-0.2, -0.15) is 0 Å². The summed E-state index contributed by atoms with van der Waals surface area (Å²) in [5.74, 6) is -0.395. The lowest BCUT2D eigenvalue weighted by molar-refractivity contribution is 0.102. The van der Waals surface area contributed by atoms with E-state index < -0.39 is 5.91 Å². The molecule has 100 valence electrons. The zero-order valence-corrected chi connectivity index (χ0v) is 11.4. The summed E-state index contributed by atoms with van der Waals surface area (Å²) in [5.41, 5.74) is 1.18. The minimum atomic E-state index is -0.395. The number of anilines is 1. The van der Waals surface area contributed by atoms with Crippen molar-refractivity contribution >= 4 is 45.8 Å². The fourth-order valence-electron chi connectivity index (χ4n) is 1.78. The largest absolute Gasteiger partial charge is 0.463 e. The highest BCUT2D eigenvalue weighted by atomic mass is 35.5. The van der Waals surface area contributed by atoms with Crippen molar-refractivity contribution in [2.24, 2.45) is 0 Å². The van der Waals surface area contributed by atoms with E-state index in [1.165, 1.54) is 12.6 Å². The number of nitrogens with one attached hydrogen (secondary N) is 1. The van der Waals surface area contributed by atoms with Crippen LogP contribution in [0.1, 0.15) is 10.4 Å². The average Bonchev–Trinajstić information content (AvgIpc) is 2.87. The Morgan fingerprint density at radius 1 is 1.15 bits per heavy atom. The van der Waals surface area contributed by atoms with Crippen LogP contribution in [0.4, 0.5) is 5.69 Å². The van der Waals surface area contributed by atoms with Gasteiger partial charge in [0.15, 0.2) is 10.3 Å². The number of nitrogens with zero attached hydrogens (tertiary/aromatic N) is 2. The van der Waals surface area contributed by atoms with Crippen molar-refractivity contribution < 1.29 is 9.21 Å². The van der Waals surface area contributed by atoms with Crippen LogP contribution < -0.4 is 5.32 Å². The van der Waals surface area contributed by atoms with Gasteiger partial charge in [-0.25, -0.2) is 9.97 Å². The highest BCUT2D eigenvalue weighted by Crippen LogP contribution is 2.27. The number of carbonyl (C=O) groups is 1. The molecule has 0 bridgehead atoms. The quantitative estimate of drug-likeness (QED) is 0.731. The summed E-state index contributed by atoms with van der Waals surface area (Å²) >= 11 is 11.8. The minimum absolute atomic E-state index is 0.0751. The fourth-order valence-corrected chi connectivity index (χ4v) is 2.19. The first-order chi connectivity index (χ1) is 9.66. The standard InChI is InChI=1S/C13H7Cl2N3O2/c14-11-10(12(15)17-6-16-11)18-13(19)8-5-20-9-4-2-1-3-7(8)9/h1-6H,(H,18,19). The third-order valence-corrected chi connectivity index (χ3v) is 3.29. The molecule has 0 saturated heterocycles. The van der Waals surface area contributed by atoms with Gasteiger partial charge in [-0.1, -0.05) is 41.4 Å². The summed E-state index contributed by atoms with van der Waals surface area (Å²) in [6.07, 6.45) is 2.60. The van der Waals surface area contributed by atoms with Gasteiger partial charge in [0, 0.05) is 5.39 Å². The van der Waals surface area contributed by atoms with Crippen molar-refractivity contribution in [1.82, 2.24) is 9.97 Å². The Kier molecular flexibility index (Phi) is 3.30. The summed E-state index contributed by atoms with van der Waals surface area (Å²) in [5, 5.41) is 3.44. The van der Waals surface area contributed by atoms with Gasteiger partial charge in [-0.15, -0.1) is 0 Å². The van der Waals surface area contributed by atoms with Crippen LogP contribution in [0.15, 0.2) is 41.3 Å². The molecule has 7 heteroatoms. The normalized spacial score (nSPS) is 10.7. The minimum Gasteiger partial charge on any atom is -0.463 e. The molecular formula is C13H7Cl2N3O2. The van der Waals surface area contributed by atoms with Crippen LogP contribution in [-0.4, -0.2) is 15.9 Å². The van der Waals surface area contributed by atoms with Gasteiger partial charge in [0.2, 0.25) is 0 Å². The van der Waals surface area contributed by atoms with Gasteiger partial charge in [0.1, 0.15) is 23.9 Å². The molecule has 0 radical (unpaired) electrons. The van der Waals surface area contributed by atoms with Crippen molar-refractivity contribution in [2.75, 3.05) is 5.32 Å². The third-order valence-electron chi connectivity index (χ3n) is 2.72. The Balaban J connectivity index is 1.98. The summed E-state index contributed by atoms with van der Waals surface area (Å²) in [4.78, 5) is 19.8. The number of para-hydroxylation sites is 1. The molecule has 2 heterocycles. The lowest BCUT2D eigenvalue weighted by Crippen LogP contribution is -2.12. The molecule has 0 aliphatic rings. The second-order valence-corrected chi connectivity index (χ2v) is 4.65. The predicted octanol–water partition coefficient (Wildman–Crippen LogP) is 3.78. The number of amides is 1. The molecule has 0 aliphatic heterocycles. The Labute approximate surface area is 123 Å². The van der Waals surface area contributed by atoms with Crippen LogP contribution in [0, 0.1) is 0 Å². The zero-order chi connectivity index (χ0) is 14.1. The maximum absolute atomic E-state index is 12.2. The zero-order valence-electron chi connectivity index (χ0n) is 9.93. The smallest absolute Gasteiger partial charge is 0.259 e. The summed E-state index contributed by atoms with van der Waals surface area (Å²) in [6, 6.07) is 7.21. The average molecular weight is 308 g/mol. The van der Waals surface area contributed by atoms with E-state index in [4.69, 9.17) is 27.6 Å². The molecule has 1 N–H and O–H groups in total. The van der Waals surface area contributed by atoms with Crippen LogP contribution in [0.5, 0.6) is 0 Å². The van der Waals surface area contributed by atoms with Gasteiger partial charge in [-0.05, 0) is 6.07 Å². The topological polar surface area (TPSA) is 68.0 Å². The number of hydrogen-bond donors (Lipinski definition) is 1. The Bertz CT molecular complexity index is 781. The Hall–Kier alpha value is -2.11. The number of aromatic nitrogens is 2. The number of rotatable bonds is 2. The van der Waals surface area contributed by atoms with Crippen molar-refractivity contribution in [3.63, 3.8) is 0 Å². The molecular weight excluding hydrogens is 301 g/mol. The molecule has 0 aliphatic carbocycles. The maximum Gasteiger partial charge on any atom is 0.259 e. The molecule has 1 amide bonds. The predicted molar refractivity (Wildman–Crippen MR) is 76.2 cm³/mol. The van der Waals surface area contributed by atoms with Crippen LogP contribution in [0.25, 0.3) is 11.0 Å². The van der Waals surface area contributed by atoms with E-state index in [0.717, 1.165) is 0 Å². The molecule has 0 atom stereocenters. The molecule has 0 fully saturated rings. The first-order valence-electron chi connectivity index (χ1n) is 5.60. The van der Waals surface area contributed by atoms with E-state index in [9.17, 15) is 4.79 Å². The van der Waals surface area contributed by atoms with Crippen molar-refractivity contribution in [3.8, 4) is 0 Å². The number of furan rings is 1. The molecule has 2 aromatic heterocycles. The van der Waals surface area contributed by atoms with Gasteiger partial charge in [-0.3, -0.25) is 4.79 Å². The Morgan fingerprint density at radius 3 is 2.60 bits per heavy atom. The van der Waals surface area contributed by atoms with Gasteiger partial charge >= 0.3 is 0 Å². The molecule has 0 spiro atoms. The van der Waals surface area contributed by atoms with E-state index >= 15 is 0 Å². The number of carbonyl (C=O) groups excluding carboxylic acids is 1.